The molecule has 7 heteroatoms. The molecule has 3 nitrogen and oxygen atoms in total. The van der Waals surface area contributed by atoms with E-state index >= 15 is 0 Å². The van der Waals surface area contributed by atoms with Crippen molar-refractivity contribution in [3.8, 4) is 0 Å². The van der Waals surface area contributed by atoms with Crippen LogP contribution in [0.3, 0.4) is 0 Å². The zero-order valence-electron chi connectivity index (χ0n) is 8.14. The summed E-state index contributed by atoms with van der Waals surface area (Å²) in [5, 5.41) is -0.291. The van der Waals surface area contributed by atoms with Crippen LogP contribution < -0.4 is 0 Å². The maximum atomic E-state index is 13.1. The van der Waals surface area contributed by atoms with Crippen molar-refractivity contribution >= 4 is 17.6 Å². The van der Waals surface area contributed by atoms with Crippen LogP contribution in [-0.2, 0) is 16.0 Å². The summed E-state index contributed by atoms with van der Waals surface area (Å²) in [6.07, 6.45) is -3.54. The van der Waals surface area contributed by atoms with E-state index in [-0.39, 0.29) is 10.7 Å². The third-order valence-corrected chi connectivity index (χ3v) is 2.04. The zero-order valence-corrected chi connectivity index (χ0v) is 8.89. The Kier molecular flexibility index (Phi) is 4.12. The van der Waals surface area contributed by atoms with Gasteiger partial charge in [-0.15, -0.1) is 0 Å². The highest BCUT2D eigenvalue weighted by molar-refractivity contribution is 6.29. The number of esters is 1. The largest absolute Gasteiger partial charge is 0.469 e. The normalized spacial score (nSPS) is 10.6. The lowest BCUT2D eigenvalue weighted by Crippen LogP contribution is -2.09. The van der Waals surface area contributed by atoms with E-state index in [0.29, 0.717) is 0 Å². The van der Waals surface area contributed by atoms with Gasteiger partial charge in [0, 0.05) is 0 Å². The van der Waals surface area contributed by atoms with Gasteiger partial charge in [0.1, 0.15) is 5.15 Å². The predicted molar refractivity (Wildman–Crippen MR) is 49.9 cm³/mol. The molecule has 1 rings (SSSR count). The Labute approximate surface area is 94.2 Å². The topological polar surface area (TPSA) is 39.2 Å². The second-order valence-electron chi connectivity index (χ2n) is 2.86. The highest BCUT2D eigenvalue weighted by Gasteiger charge is 2.22. The zero-order chi connectivity index (χ0) is 12.3. The third kappa shape index (κ3) is 2.85. The molecule has 0 unspecified atom stereocenters. The molecular formula is C9H7ClF3NO2. The summed E-state index contributed by atoms with van der Waals surface area (Å²) in [7, 11) is 1.10. The Balaban J connectivity index is 3.18. The Morgan fingerprint density at radius 3 is 2.75 bits per heavy atom. The molecule has 0 atom stereocenters. The first kappa shape index (κ1) is 12.8. The molecule has 0 saturated heterocycles. The van der Waals surface area contributed by atoms with Crippen molar-refractivity contribution in [1.29, 1.82) is 0 Å². The van der Waals surface area contributed by atoms with Crippen LogP contribution in [0.25, 0.3) is 0 Å². The lowest BCUT2D eigenvalue weighted by Gasteiger charge is -2.08. The van der Waals surface area contributed by atoms with E-state index in [4.69, 9.17) is 11.6 Å². The number of aromatic nitrogens is 1. The van der Waals surface area contributed by atoms with Gasteiger partial charge in [-0.2, -0.15) is 4.39 Å². The number of halogens is 4. The Morgan fingerprint density at radius 2 is 2.25 bits per heavy atom. The first-order valence-corrected chi connectivity index (χ1v) is 4.53. The van der Waals surface area contributed by atoms with Crippen LogP contribution in [0.15, 0.2) is 6.07 Å². The molecule has 1 aromatic heterocycles. The molecule has 0 amide bonds. The first-order valence-electron chi connectivity index (χ1n) is 4.15. The van der Waals surface area contributed by atoms with Gasteiger partial charge in [0.05, 0.1) is 19.1 Å². The summed E-state index contributed by atoms with van der Waals surface area (Å²) < 4.78 is 42.4. The van der Waals surface area contributed by atoms with E-state index in [9.17, 15) is 18.0 Å². The lowest BCUT2D eigenvalue weighted by atomic mass is 10.1. The SMILES string of the molecule is COC(=O)Cc1cc(Cl)nc(F)c1C(F)F. The van der Waals surface area contributed by atoms with Gasteiger partial charge in [-0.3, -0.25) is 4.79 Å². The van der Waals surface area contributed by atoms with Gasteiger partial charge in [0.15, 0.2) is 0 Å². The molecule has 0 radical (unpaired) electrons. The molecule has 0 N–H and O–H groups in total. The maximum Gasteiger partial charge on any atom is 0.309 e. The lowest BCUT2D eigenvalue weighted by molar-refractivity contribution is -0.139. The molecule has 0 aliphatic carbocycles. The number of nitrogens with zero attached hydrogens (tertiary/aromatic N) is 1. The Hall–Kier alpha value is -1.30. The van der Waals surface area contributed by atoms with Crippen molar-refractivity contribution < 1.29 is 22.7 Å². The van der Waals surface area contributed by atoms with Crippen LogP contribution in [-0.4, -0.2) is 18.1 Å². The molecule has 16 heavy (non-hydrogen) atoms. The van der Waals surface area contributed by atoms with Gasteiger partial charge in [0.2, 0.25) is 5.95 Å². The highest BCUT2D eigenvalue weighted by Crippen LogP contribution is 2.27. The fourth-order valence-electron chi connectivity index (χ4n) is 1.14. The standard InChI is InChI=1S/C9H7ClF3NO2/c1-16-6(15)3-4-2-5(10)14-9(13)7(4)8(11)12/h2,8H,3H2,1H3. The van der Waals surface area contributed by atoms with Crippen LogP contribution in [0.4, 0.5) is 13.2 Å². The average Bonchev–Trinajstić information content (AvgIpc) is 2.15. The van der Waals surface area contributed by atoms with E-state index in [0.717, 1.165) is 13.2 Å². The van der Waals surface area contributed by atoms with Gasteiger partial charge >= 0.3 is 5.97 Å². The molecule has 88 valence electrons. The summed E-state index contributed by atoms with van der Waals surface area (Å²) >= 11 is 5.41. The van der Waals surface area contributed by atoms with Crippen molar-refractivity contribution in [2.75, 3.05) is 7.11 Å². The minimum Gasteiger partial charge on any atom is -0.469 e. The van der Waals surface area contributed by atoms with Crippen LogP contribution in [0.5, 0.6) is 0 Å². The Bertz CT molecular complexity index is 412. The molecule has 0 aromatic carbocycles. The van der Waals surface area contributed by atoms with Gasteiger partial charge in [-0.05, 0) is 11.6 Å². The van der Waals surface area contributed by atoms with E-state index in [2.05, 4.69) is 9.72 Å². The Morgan fingerprint density at radius 1 is 1.62 bits per heavy atom. The smallest absolute Gasteiger partial charge is 0.309 e. The summed E-state index contributed by atoms with van der Waals surface area (Å²) in [5.41, 5.74) is -1.14. The quantitative estimate of drug-likeness (QED) is 0.614. The molecule has 0 fully saturated rings. The van der Waals surface area contributed by atoms with Crippen molar-refractivity contribution in [2.45, 2.75) is 12.8 Å². The third-order valence-electron chi connectivity index (χ3n) is 1.85. The number of alkyl halides is 2. The molecule has 0 bridgehead atoms. The minimum atomic E-state index is -3.07. The number of carbonyl (C=O) groups is 1. The predicted octanol–water partition coefficient (Wildman–Crippen LogP) is 2.53. The van der Waals surface area contributed by atoms with Crippen LogP contribution >= 0.6 is 11.6 Å². The first-order chi connectivity index (χ1) is 7.45. The molecular weight excluding hydrogens is 247 g/mol. The summed E-state index contributed by atoms with van der Waals surface area (Å²) in [6.45, 7) is 0. The van der Waals surface area contributed by atoms with E-state index in [1.807, 2.05) is 0 Å². The molecule has 0 saturated carbocycles. The minimum absolute atomic E-state index is 0.223. The molecule has 0 spiro atoms. The van der Waals surface area contributed by atoms with Gasteiger partial charge in [0.25, 0.3) is 6.43 Å². The van der Waals surface area contributed by atoms with E-state index < -0.39 is 30.3 Å². The summed E-state index contributed by atoms with van der Waals surface area (Å²) in [5.74, 6) is -2.13. The van der Waals surface area contributed by atoms with Crippen molar-refractivity contribution in [3.63, 3.8) is 0 Å². The average molecular weight is 254 g/mol. The molecule has 1 heterocycles. The van der Waals surface area contributed by atoms with Crippen LogP contribution in [0, 0.1) is 5.95 Å². The fraction of sp³-hybridized carbons (Fsp3) is 0.333. The number of methoxy groups -OCH3 is 1. The van der Waals surface area contributed by atoms with Crippen molar-refractivity contribution in [2.24, 2.45) is 0 Å². The number of hydrogen-bond donors (Lipinski definition) is 0. The number of ether oxygens (including phenoxy) is 1. The van der Waals surface area contributed by atoms with Crippen LogP contribution in [0.2, 0.25) is 5.15 Å². The van der Waals surface area contributed by atoms with Crippen molar-refractivity contribution in [1.82, 2.24) is 4.98 Å². The number of carbonyl (C=O) groups excluding carboxylic acids is 1. The molecule has 1 aromatic rings. The van der Waals surface area contributed by atoms with E-state index in [1.54, 1.807) is 0 Å². The second-order valence-corrected chi connectivity index (χ2v) is 3.25. The van der Waals surface area contributed by atoms with Crippen molar-refractivity contribution in [3.05, 3.63) is 28.3 Å². The number of hydrogen-bond acceptors (Lipinski definition) is 3. The second kappa shape index (κ2) is 5.16. The highest BCUT2D eigenvalue weighted by atomic mass is 35.5. The molecule has 0 aliphatic heterocycles. The van der Waals surface area contributed by atoms with Gasteiger partial charge in [-0.1, -0.05) is 11.6 Å². The monoisotopic (exact) mass is 253 g/mol. The molecule has 0 aliphatic rings. The fourth-order valence-corrected chi connectivity index (χ4v) is 1.35. The van der Waals surface area contributed by atoms with Crippen LogP contribution in [0.1, 0.15) is 17.6 Å². The number of pyridine rings is 1. The number of rotatable bonds is 3. The van der Waals surface area contributed by atoms with E-state index in [1.165, 1.54) is 0 Å². The van der Waals surface area contributed by atoms with Gasteiger partial charge < -0.3 is 4.74 Å². The van der Waals surface area contributed by atoms with Gasteiger partial charge in [-0.25, -0.2) is 13.8 Å². The maximum absolute atomic E-state index is 13.1. The summed E-state index contributed by atoms with van der Waals surface area (Å²) in [6, 6.07) is 1.02. The summed E-state index contributed by atoms with van der Waals surface area (Å²) in [4.78, 5) is 14.0.